The quantitative estimate of drug-likeness (QED) is 0.711. The van der Waals surface area contributed by atoms with Crippen LogP contribution in [0, 0.1) is 0 Å². The number of hydrogen-bond donors (Lipinski definition) is 2. The van der Waals surface area contributed by atoms with Crippen LogP contribution < -0.4 is 11.2 Å². The highest BCUT2D eigenvalue weighted by Gasteiger charge is 2.30. The molecule has 4 rings (SSSR count). The number of pyridine rings is 1. The lowest BCUT2D eigenvalue weighted by atomic mass is 9.85. The molecule has 9 heteroatoms. The highest BCUT2D eigenvalue weighted by atomic mass is 16.5. The molecule has 3 aromatic heterocycles. The normalized spacial score (nSPS) is 14.5. The number of aromatic nitrogens is 5. The summed E-state index contributed by atoms with van der Waals surface area (Å²) in [5, 5.41) is 6.06. The molecule has 3 N–H and O–H groups in total. The third-order valence-electron chi connectivity index (χ3n) is 4.58. The van der Waals surface area contributed by atoms with E-state index in [4.69, 9.17) is 10.3 Å². The fraction of sp³-hybridized carbons (Fsp3) is 0.278. The molecule has 4 heterocycles. The first-order chi connectivity index (χ1) is 12.9. The zero-order valence-corrected chi connectivity index (χ0v) is 15.3. The Kier molecular flexibility index (Phi) is 4.08. The molecular formula is C18H20N8O. The van der Waals surface area contributed by atoms with Crippen molar-refractivity contribution in [2.24, 2.45) is 0 Å². The fourth-order valence-electron chi connectivity index (χ4n) is 2.81. The lowest BCUT2D eigenvalue weighted by molar-refractivity contribution is 0.373. The smallest absolute Gasteiger partial charge is 0.256 e. The average molecular weight is 364 g/mol. The lowest BCUT2D eigenvalue weighted by Gasteiger charge is -2.20. The first kappa shape index (κ1) is 17.1. The summed E-state index contributed by atoms with van der Waals surface area (Å²) in [5.41, 5.74) is 11.7. The van der Waals surface area contributed by atoms with Crippen LogP contribution in [0.1, 0.15) is 31.1 Å². The van der Waals surface area contributed by atoms with Gasteiger partial charge in [0, 0.05) is 43.9 Å². The Labute approximate surface area is 156 Å². The molecule has 0 amide bonds. The molecule has 3 aromatic rings. The molecule has 0 aliphatic carbocycles. The molecule has 0 spiro atoms. The van der Waals surface area contributed by atoms with E-state index < -0.39 is 5.41 Å². The van der Waals surface area contributed by atoms with Crippen LogP contribution in [0.4, 0.5) is 5.95 Å². The van der Waals surface area contributed by atoms with Gasteiger partial charge in [-0.05, 0) is 25.5 Å². The summed E-state index contributed by atoms with van der Waals surface area (Å²) in [7, 11) is 1.92. The van der Waals surface area contributed by atoms with Gasteiger partial charge in [-0.3, -0.25) is 4.98 Å². The standard InChI is InChI=1S/C18H20N8O/c1-18(2,16-24-15(27-25-16)12-8-23-26(3)10-12)13-4-5-14(20-9-13)11-6-21-17(19)22-7-11/h4-7,9-10,23H,8H2,1-3H3,(H2,19,21,22). The van der Waals surface area contributed by atoms with Crippen molar-refractivity contribution in [3.63, 3.8) is 0 Å². The van der Waals surface area contributed by atoms with Crippen LogP contribution in [0.3, 0.4) is 0 Å². The Hall–Kier alpha value is -3.33. The van der Waals surface area contributed by atoms with Gasteiger partial charge in [0.15, 0.2) is 5.82 Å². The number of hydrazine groups is 1. The molecular weight excluding hydrogens is 344 g/mol. The minimum Gasteiger partial charge on any atom is -0.368 e. The van der Waals surface area contributed by atoms with Gasteiger partial charge in [0.25, 0.3) is 5.89 Å². The Balaban J connectivity index is 1.59. The summed E-state index contributed by atoms with van der Waals surface area (Å²) in [5.74, 6) is 1.38. The monoisotopic (exact) mass is 364 g/mol. The van der Waals surface area contributed by atoms with Crippen molar-refractivity contribution in [3.05, 3.63) is 54.2 Å². The van der Waals surface area contributed by atoms with Crippen LogP contribution >= 0.6 is 0 Å². The SMILES string of the molecule is CN1C=C(c2nc(C(C)(C)c3ccc(-c4cnc(N)nc4)nc3)no2)CN1. The number of nitrogen functional groups attached to an aromatic ring is 1. The summed E-state index contributed by atoms with van der Waals surface area (Å²) in [6, 6.07) is 3.92. The van der Waals surface area contributed by atoms with Crippen molar-refractivity contribution in [1.29, 1.82) is 0 Å². The van der Waals surface area contributed by atoms with Crippen molar-refractivity contribution in [2.75, 3.05) is 19.3 Å². The van der Waals surface area contributed by atoms with Crippen LogP contribution in [0.5, 0.6) is 0 Å². The van der Waals surface area contributed by atoms with Crippen LogP contribution in [0.2, 0.25) is 0 Å². The van der Waals surface area contributed by atoms with E-state index in [2.05, 4.69) is 30.5 Å². The number of anilines is 1. The minimum absolute atomic E-state index is 0.239. The first-order valence-electron chi connectivity index (χ1n) is 8.49. The van der Waals surface area contributed by atoms with Crippen LogP contribution in [0.15, 0.2) is 41.4 Å². The van der Waals surface area contributed by atoms with Crippen molar-refractivity contribution in [1.82, 2.24) is 35.5 Å². The zero-order chi connectivity index (χ0) is 19.0. The second kappa shape index (κ2) is 6.44. The zero-order valence-electron chi connectivity index (χ0n) is 15.3. The third kappa shape index (κ3) is 3.24. The molecule has 0 atom stereocenters. The van der Waals surface area contributed by atoms with Gasteiger partial charge in [-0.1, -0.05) is 11.2 Å². The largest absolute Gasteiger partial charge is 0.368 e. The highest BCUT2D eigenvalue weighted by Crippen LogP contribution is 2.31. The minimum atomic E-state index is -0.455. The molecule has 0 radical (unpaired) electrons. The van der Waals surface area contributed by atoms with Crippen molar-refractivity contribution < 1.29 is 4.52 Å². The number of rotatable bonds is 4. The molecule has 9 nitrogen and oxygen atoms in total. The van der Waals surface area contributed by atoms with Crippen molar-refractivity contribution in [3.8, 4) is 11.3 Å². The van der Waals surface area contributed by atoms with E-state index in [0.29, 0.717) is 18.3 Å². The number of nitrogens with two attached hydrogens (primary N) is 1. The Morgan fingerprint density at radius 1 is 1.15 bits per heavy atom. The number of nitrogens with one attached hydrogen (secondary N) is 1. The molecule has 27 heavy (non-hydrogen) atoms. The fourth-order valence-corrected chi connectivity index (χ4v) is 2.81. The molecule has 138 valence electrons. The molecule has 0 fully saturated rings. The van der Waals surface area contributed by atoms with E-state index in [9.17, 15) is 0 Å². The van der Waals surface area contributed by atoms with Gasteiger partial charge in [0.1, 0.15) is 0 Å². The molecule has 0 aromatic carbocycles. The molecule has 1 aliphatic rings. The van der Waals surface area contributed by atoms with Gasteiger partial charge in [0.2, 0.25) is 5.95 Å². The van der Waals surface area contributed by atoms with E-state index >= 15 is 0 Å². The maximum absolute atomic E-state index is 5.53. The second-order valence-electron chi connectivity index (χ2n) is 6.91. The Bertz CT molecular complexity index is 975. The van der Waals surface area contributed by atoms with Crippen LogP contribution in [-0.2, 0) is 5.41 Å². The maximum atomic E-state index is 5.53. The van der Waals surface area contributed by atoms with E-state index in [1.807, 2.05) is 50.4 Å². The average Bonchev–Trinajstić information content (AvgIpc) is 3.32. The van der Waals surface area contributed by atoms with E-state index in [1.165, 1.54) is 0 Å². The Morgan fingerprint density at radius 2 is 1.93 bits per heavy atom. The van der Waals surface area contributed by atoms with Crippen molar-refractivity contribution >= 4 is 11.5 Å². The van der Waals surface area contributed by atoms with Gasteiger partial charge in [-0.2, -0.15) is 4.98 Å². The second-order valence-corrected chi connectivity index (χ2v) is 6.91. The summed E-state index contributed by atoms with van der Waals surface area (Å²) >= 11 is 0. The molecule has 0 saturated heterocycles. The van der Waals surface area contributed by atoms with Gasteiger partial charge < -0.3 is 15.3 Å². The third-order valence-corrected chi connectivity index (χ3v) is 4.58. The Morgan fingerprint density at radius 3 is 2.56 bits per heavy atom. The lowest BCUT2D eigenvalue weighted by Crippen LogP contribution is -2.23. The summed E-state index contributed by atoms with van der Waals surface area (Å²) in [6.07, 6.45) is 7.06. The van der Waals surface area contributed by atoms with Crippen LogP contribution in [-0.4, -0.2) is 43.7 Å². The summed E-state index contributed by atoms with van der Waals surface area (Å²) in [6.45, 7) is 4.74. The predicted molar refractivity (Wildman–Crippen MR) is 99.8 cm³/mol. The van der Waals surface area contributed by atoms with Crippen LogP contribution in [0.25, 0.3) is 16.8 Å². The topological polar surface area (TPSA) is 119 Å². The molecule has 0 unspecified atom stereocenters. The van der Waals surface area contributed by atoms with Gasteiger partial charge in [-0.25, -0.2) is 15.4 Å². The molecule has 0 bridgehead atoms. The van der Waals surface area contributed by atoms with Gasteiger partial charge in [0.05, 0.1) is 16.7 Å². The van der Waals surface area contributed by atoms with E-state index in [-0.39, 0.29) is 5.95 Å². The number of nitrogens with zero attached hydrogens (tertiary/aromatic N) is 6. The van der Waals surface area contributed by atoms with Gasteiger partial charge in [-0.15, -0.1) is 0 Å². The first-order valence-corrected chi connectivity index (χ1v) is 8.49. The van der Waals surface area contributed by atoms with E-state index in [0.717, 1.165) is 22.4 Å². The highest BCUT2D eigenvalue weighted by molar-refractivity contribution is 5.61. The number of hydrogen-bond acceptors (Lipinski definition) is 9. The summed E-state index contributed by atoms with van der Waals surface area (Å²) < 4.78 is 5.46. The maximum Gasteiger partial charge on any atom is 0.256 e. The summed E-state index contributed by atoms with van der Waals surface area (Å²) in [4.78, 5) is 17.1. The van der Waals surface area contributed by atoms with E-state index in [1.54, 1.807) is 12.4 Å². The van der Waals surface area contributed by atoms with Crippen molar-refractivity contribution in [2.45, 2.75) is 19.3 Å². The van der Waals surface area contributed by atoms with Gasteiger partial charge >= 0.3 is 0 Å². The molecule has 0 saturated carbocycles. The predicted octanol–water partition coefficient (Wildman–Crippen LogP) is 1.62. The molecule has 1 aliphatic heterocycles.